The van der Waals surface area contributed by atoms with Crippen molar-refractivity contribution in [2.24, 2.45) is 5.92 Å². The van der Waals surface area contributed by atoms with E-state index in [0.29, 0.717) is 11.5 Å². The minimum absolute atomic E-state index is 0.507. The zero-order valence-electron chi connectivity index (χ0n) is 18.6. The van der Waals surface area contributed by atoms with Gasteiger partial charge in [0.15, 0.2) is 0 Å². The lowest BCUT2D eigenvalue weighted by Gasteiger charge is -2.18. The summed E-state index contributed by atoms with van der Waals surface area (Å²) in [6.07, 6.45) is 2.90. The fourth-order valence-corrected chi connectivity index (χ4v) is 5.73. The van der Waals surface area contributed by atoms with Gasteiger partial charge in [0, 0.05) is 27.7 Å². The van der Waals surface area contributed by atoms with Crippen LogP contribution >= 0.6 is 0 Å². The second-order valence-electron chi connectivity index (χ2n) is 9.47. The molecule has 0 radical (unpaired) electrons. The van der Waals surface area contributed by atoms with Crippen LogP contribution in [0.3, 0.4) is 0 Å². The van der Waals surface area contributed by atoms with E-state index in [-0.39, 0.29) is 0 Å². The SMILES string of the molecule is CC(C)Cc1c2ccccc2cc2c3nccc4ccc5c6ccc(C#N)cc6n(c12)c5c43. The molecule has 3 heterocycles. The molecule has 0 atom stereocenters. The molecule has 0 unspecified atom stereocenters. The molecule has 0 aliphatic carbocycles. The van der Waals surface area contributed by atoms with Crippen LogP contribution in [0, 0.1) is 17.2 Å². The number of pyridine rings is 2. The summed E-state index contributed by atoms with van der Waals surface area (Å²) in [7, 11) is 0. The first-order chi connectivity index (χ1) is 16.2. The van der Waals surface area contributed by atoms with Gasteiger partial charge in [-0.05, 0) is 58.3 Å². The molecular weight excluding hydrogens is 402 g/mol. The Balaban J connectivity index is 1.90. The zero-order valence-corrected chi connectivity index (χ0v) is 18.6. The highest BCUT2D eigenvalue weighted by molar-refractivity contribution is 6.28. The maximum absolute atomic E-state index is 9.66. The van der Waals surface area contributed by atoms with Crippen LogP contribution in [0.4, 0.5) is 0 Å². The van der Waals surface area contributed by atoms with Crippen LogP contribution in [-0.2, 0) is 6.42 Å². The predicted molar refractivity (Wildman–Crippen MR) is 137 cm³/mol. The molecule has 7 rings (SSSR count). The molecule has 33 heavy (non-hydrogen) atoms. The molecule has 3 nitrogen and oxygen atoms in total. The number of nitrogens with zero attached hydrogens (tertiary/aromatic N) is 3. The van der Waals surface area contributed by atoms with Gasteiger partial charge >= 0.3 is 0 Å². The van der Waals surface area contributed by atoms with Crippen LogP contribution in [-0.4, -0.2) is 9.38 Å². The molecular formula is C30H21N3. The van der Waals surface area contributed by atoms with Gasteiger partial charge in [0.25, 0.3) is 0 Å². The summed E-state index contributed by atoms with van der Waals surface area (Å²) >= 11 is 0. The lowest BCUT2D eigenvalue weighted by Crippen LogP contribution is -2.02. The molecule has 3 aromatic heterocycles. The highest BCUT2D eigenvalue weighted by Gasteiger charge is 2.22. The highest BCUT2D eigenvalue weighted by atomic mass is 14.9. The lowest BCUT2D eigenvalue weighted by molar-refractivity contribution is 0.652. The zero-order chi connectivity index (χ0) is 22.3. The van der Waals surface area contributed by atoms with Gasteiger partial charge in [0.1, 0.15) is 0 Å². The van der Waals surface area contributed by atoms with Gasteiger partial charge in [-0.2, -0.15) is 5.26 Å². The Morgan fingerprint density at radius 2 is 1.70 bits per heavy atom. The number of fused-ring (bicyclic) bond motifs is 7. The second kappa shape index (κ2) is 6.43. The van der Waals surface area contributed by atoms with Gasteiger partial charge in [-0.15, -0.1) is 0 Å². The molecule has 0 bridgehead atoms. The third-order valence-electron chi connectivity index (χ3n) is 7.00. The quantitative estimate of drug-likeness (QED) is 0.212. The Morgan fingerprint density at radius 1 is 0.848 bits per heavy atom. The summed E-state index contributed by atoms with van der Waals surface area (Å²) < 4.78 is 2.42. The summed E-state index contributed by atoms with van der Waals surface area (Å²) in [6, 6.07) is 25.9. The Bertz CT molecular complexity index is 1930. The Hall–Kier alpha value is -4.16. The molecule has 0 fully saturated rings. The monoisotopic (exact) mass is 423 g/mol. The first kappa shape index (κ1) is 18.4. The number of nitriles is 1. The average Bonchev–Trinajstić information content (AvgIpc) is 3.17. The van der Waals surface area contributed by atoms with Crippen molar-refractivity contribution in [1.82, 2.24) is 9.38 Å². The van der Waals surface area contributed by atoms with Gasteiger partial charge in [0.05, 0.1) is 33.7 Å². The van der Waals surface area contributed by atoms with E-state index in [0.717, 1.165) is 17.5 Å². The normalized spacial score (nSPS) is 12.3. The number of hydrogen-bond acceptors (Lipinski definition) is 2. The smallest absolute Gasteiger partial charge is 0.0992 e. The molecule has 0 spiro atoms. The van der Waals surface area contributed by atoms with Crippen molar-refractivity contribution < 1.29 is 0 Å². The van der Waals surface area contributed by atoms with Crippen LogP contribution in [0.25, 0.3) is 59.8 Å². The van der Waals surface area contributed by atoms with Crippen molar-refractivity contribution in [1.29, 1.82) is 5.26 Å². The number of aromatic nitrogens is 2. The topological polar surface area (TPSA) is 41.1 Å². The molecule has 3 heteroatoms. The second-order valence-corrected chi connectivity index (χ2v) is 9.47. The average molecular weight is 424 g/mol. The van der Waals surface area contributed by atoms with E-state index in [1.165, 1.54) is 54.3 Å². The van der Waals surface area contributed by atoms with E-state index >= 15 is 0 Å². The maximum atomic E-state index is 9.66. The van der Waals surface area contributed by atoms with Crippen LogP contribution in [0.5, 0.6) is 0 Å². The van der Waals surface area contributed by atoms with Gasteiger partial charge < -0.3 is 4.40 Å². The van der Waals surface area contributed by atoms with Gasteiger partial charge in [-0.1, -0.05) is 56.3 Å². The van der Waals surface area contributed by atoms with Crippen molar-refractivity contribution >= 4 is 59.8 Å². The highest BCUT2D eigenvalue weighted by Crippen LogP contribution is 2.43. The molecule has 4 aromatic carbocycles. The maximum Gasteiger partial charge on any atom is 0.0992 e. The molecule has 7 aromatic rings. The summed E-state index contributed by atoms with van der Waals surface area (Å²) in [6.45, 7) is 4.56. The van der Waals surface area contributed by atoms with E-state index in [2.05, 4.69) is 78.9 Å². The third kappa shape index (κ3) is 2.36. The van der Waals surface area contributed by atoms with Gasteiger partial charge in [-0.3, -0.25) is 4.98 Å². The number of rotatable bonds is 2. The lowest BCUT2D eigenvalue weighted by atomic mass is 9.92. The summed E-state index contributed by atoms with van der Waals surface area (Å²) in [4.78, 5) is 4.93. The van der Waals surface area contributed by atoms with Crippen molar-refractivity contribution in [3.63, 3.8) is 0 Å². The van der Waals surface area contributed by atoms with Crippen molar-refractivity contribution in [2.45, 2.75) is 20.3 Å². The Labute approximate surface area is 190 Å². The Morgan fingerprint density at radius 3 is 2.55 bits per heavy atom. The molecule has 0 saturated carbocycles. The third-order valence-corrected chi connectivity index (χ3v) is 7.00. The molecule has 0 aliphatic heterocycles. The van der Waals surface area contributed by atoms with Gasteiger partial charge in [0.2, 0.25) is 0 Å². The van der Waals surface area contributed by atoms with E-state index in [4.69, 9.17) is 4.98 Å². The van der Waals surface area contributed by atoms with Crippen LogP contribution in [0.15, 0.2) is 72.9 Å². The van der Waals surface area contributed by atoms with E-state index < -0.39 is 0 Å². The van der Waals surface area contributed by atoms with Crippen molar-refractivity contribution in [3.05, 3.63) is 84.1 Å². The van der Waals surface area contributed by atoms with Crippen LogP contribution in [0.2, 0.25) is 0 Å². The summed E-state index contributed by atoms with van der Waals surface area (Å²) in [5, 5.41) is 18.2. The fourth-order valence-electron chi connectivity index (χ4n) is 5.73. The van der Waals surface area contributed by atoms with E-state index in [1.807, 2.05) is 18.3 Å². The van der Waals surface area contributed by atoms with Gasteiger partial charge in [-0.25, -0.2) is 0 Å². The minimum Gasteiger partial charge on any atom is -0.308 e. The number of benzene rings is 4. The fraction of sp³-hybridized carbons (Fsp3) is 0.133. The first-order valence-electron chi connectivity index (χ1n) is 11.5. The predicted octanol–water partition coefficient (Wildman–Crippen LogP) is 7.61. The number of hydrogen-bond donors (Lipinski definition) is 0. The Kier molecular flexibility index (Phi) is 3.59. The molecule has 0 aliphatic rings. The standard InChI is InChI=1S/C30H21N3/c1-17(2)13-24-21-6-4-3-5-20(21)15-25-28-27-19(11-12-32-28)8-10-23-22-9-7-18(16-31)14-26(22)33(29(24)25)30(23)27/h3-12,14-15,17H,13H2,1-2H3. The molecule has 0 saturated heterocycles. The van der Waals surface area contributed by atoms with E-state index in [9.17, 15) is 5.26 Å². The van der Waals surface area contributed by atoms with Crippen molar-refractivity contribution in [2.75, 3.05) is 0 Å². The van der Waals surface area contributed by atoms with E-state index in [1.54, 1.807) is 0 Å². The minimum atomic E-state index is 0.507. The largest absolute Gasteiger partial charge is 0.308 e. The van der Waals surface area contributed by atoms with Crippen LogP contribution in [0.1, 0.15) is 25.0 Å². The van der Waals surface area contributed by atoms with Crippen LogP contribution < -0.4 is 0 Å². The molecule has 156 valence electrons. The van der Waals surface area contributed by atoms with Crippen molar-refractivity contribution in [3.8, 4) is 6.07 Å². The molecule has 0 amide bonds. The summed E-state index contributed by atoms with van der Waals surface area (Å²) in [5.41, 5.74) is 6.60. The first-order valence-corrected chi connectivity index (χ1v) is 11.5. The molecule has 0 N–H and O–H groups in total. The summed E-state index contributed by atoms with van der Waals surface area (Å²) in [5.74, 6) is 0.507.